The van der Waals surface area contributed by atoms with E-state index >= 15 is 0 Å². The van der Waals surface area contributed by atoms with Crippen LogP contribution in [0, 0.1) is 0 Å². The molecule has 1 saturated heterocycles. The van der Waals surface area contributed by atoms with Crippen LogP contribution in [0.3, 0.4) is 0 Å². The van der Waals surface area contributed by atoms with E-state index in [0.29, 0.717) is 27.6 Å². The molecule has 0 spiro atoms. The highest BCUT2D eigenvalue weighted by molar-refractivity contribution is 6.46. The van der Waals surface area contributed by atoms with E-state index in [2.05, 4.69) is 0 Å². The number of nitrogens with zero attached hydrogens (tertiary/aromatic N) is 1. The minimum absolute atomic E-state index is 0.0321. The van der Waals surface area contributed by atoms with Crippen LogP contribution in [0.4, 0.5) is 0 Å². The Kier molecular flexibility index (Phi) is 7.43. The molecule has 1 fully saturated rings. The van der Waals surface area contributed by atoms with Gasteiger partial charge in [0, 0.05) is 24.8 Å². The molecule has 0 aliphatic carbocycles. The van der Waals surface area contributed by atoms with Crippen LogP contribution in [0.15, 0.2) is 48.0 Å². The summed E-state index contributed by atoms with van der Waals surface area (Å²) in [4.78, 5) is 27.4. The molecule has 8 heteroatoms. The van der Waals surface area contributed by atoms with Gasteiger partial charge >= 0.3 is 0 Å². The minimum atomic E-state index is -0.846. The van der Waals surface area contributed by atoms with Gasteiger partial charge in [0.2, 0.25) is 0 Å². The van der Waals surface area contributed by atoms with E-state index < -0.39 is 17.7 Å². The van der Waals surface area contributed by atoms with Crippen molar-refractivity contribution in [3.05, 3.63) is 64.2 Å². The average molecular weight is 460 g/mol. The van der Waals surface area contributed by atoms with E-state index in [0.717, 1.165) is 0 Å². The molecule has 0 radical (unpaired) electrons. The zero-order chi connectivity index (χ0) is 23.4. The van der Waals surface area contributed by atoms with E-state index in [4.69, 9.17) is 25.8 Å². The molecule has 1 N–H and O–H groups in total. The molecular formula is C24H26ClNO6. The normalized spacial score (nSPS) is 17.8. The first-order valence-corrected chi connectivity index (χ1v) is 10.5. The number of hydrogen-bond acceptors (Lipinski definition) is 6. The van der Waals surface area contributed by atoms with Crippen molar-refractivity contribution < 1.29 is 28.9 Å². The van der Waals surface area contributed by atoms with Crippen LogP contribution in [0.25, 0.3) is 5.76 Å². The van der Waals surface area contributed by atoms with E-state index in [9.17, 15) is 14.7 Å². The third kappa shape index (κ3) is 4.59. The van der Waals surface area contributed by atoms with E-state index in [1.807, 2.05) is 19.9 Å². The number of rotatable bonds is 8. The molecule has 1 aliphatic rings. The van der Waals surface area contributed by atoms with Crippen LogP contribution < -0.4 is 9.47 Å². The summed E-state index contributed by atoms with van der Waals surface area (Å²) in [5.74, 6) is -0.950. The lowest BCUT2D eigenvalue weighted by molar-refractivity contribution is -0.140. The van der Waals surface area contributed by atoms with Gasteiger partial charge in [-0.25, -0.2) is 0 Å². The first-order chi connectivity index (χ1) is 15.3. The first kappa shape index (κ1) is 23.6. The molecule has 32 heavy (non-hydrogen) atoms. The predicted molar refractivity (Wildman–Crippen MR) is 121 cm³/mol. The molecule has 2 aromatic carbocycles. The summed E-state index contributed by atoms with van der Waals surface area (Å²) < 4.78 is 16.3. The number of hydrogen-bond donors (Lipinski definition) is 1. The van der Waals surface area contributed by atoms with Gasteiger partial charge < -0.3 is 24.2 Å². The zero-order valence-corrected chi connectivity index (χ0v) is 19.2. The number of amides is 1. The standard InChI is InChI=1S/C24H26ClNO6/c1-14(2)32-18-8-6-5-7-16(18)21-20(23(28)24(29)26(21)11-12-30-3)22(27)15-9-10-17(25)19(13-15)31-4/h5-10,13-14,21,27H,11-12H2,1-4H3/b22-20-. The number of aliphatic hydroxyl groups excluding tert-OH is 1. The van der Waals surface area contributed by atoms with Crippen molar-refractivity contribution in [1.82, 2.24) is 4.90 Å². The van der Waals surface area contributed by atoms with Crippen molar-refractivity contribution in [2.45, 2.75) is 26.0 Å². The molecule has 1 heterocycles. The van der Waals surface area contributed by atoms with E-state index in [-0.39, 0.29) is 30.6 Å². The number of carbonyl (C=O) groups is 2. The smallest absolute Gasteiger partial charge is 0.295 e. The Hall–Kier alpha value is -3.03. The molecule has 0 saturated carbocycles. The summed E-state index contributed by atoms with van der Waals surface area (Å²) >= 11 is 6.10. The molecule has 1 unspecified atom stereocenters. The number of benzene rings is 2. The van der Waals surface area contributed by atoms with Crippen molar-refractivity contribution in [2.24, 2.45) is 0 Å². The van der Waals surface area contributed by atoms with Crippen LogP contribution in [-0.2, 0) is 14.3 Å². The molecular weight excluding hydrogens is 434 g/mol. The lowest BCUT2D eigenvalue weighted by Crippen LogP contribution is -2.33. The second-order valence-corrected chi connectivity index (χ2v) is 7.95. The highest BCUT2D eigenvalue weighted by atomic mass is 35.5. The quantitative estimate of drug-likeness (QED) is 0.361. The monoisotopic (exact) mass is 459 g/mol. The molecule has 0 bridgehead atoms. The maximum Gasteiger partial charge on any atom is 0.295 e. The van der Waals surface area contributed by atoms with Crippen LogP contribution >= 0.6 is 11.6 Å². The number of aliphatic hydroxyl groups is 1. The fraction of sp³-hybridized carbons (Fsp3) is 0.333. The van der Waals surface area contributed by atoms with Crippen LogP contribution in [-0.4, -0.2) is 55.2 Å². The molecule has 3 rings (SSSR count). The SMILES string of the molecule is COCCN1C(=O)C(=O)/C(=C(\O)c2ccc(Cl)c(OC)c2)C1c1ccccc1OC(C)C. The van der Waals surface area contributed by atoms with Crippen molar-refractivity contribution >= 4 is 29.1 Å². The van der Waals surface area contributed by atoms with Gasteiger partial charge in [0.1, 0.15) is 17.3 Å². The second-order valence-electron chi connectivity index (χ2n) is 7.54. The Morgan fingerprint density at radius 1 is 1.12 bits per heavy atom. The minimum Gasteiger partial charge on any atom is -0.507 e. The lowest BCUT2D eigenvalue weighted by Gasteiger charge is -2.27. The Bertz CT molecular complexity index is 1050. The van der Waals surface area contributed by atoms with Gasteiger partial charge in [-0.1, -0.05) is 29.8 Å². The highest BCUT2D eigenvalue weighted by Crippen LogP contribution is 2.43. The second kappa shape index (κ2) is 10.1. The molecule has 0 aromatic heterocycles. The van der Waals surface area contributed by atoms with Gasteiger partial charge in [0.25, 0.3) is 11.7 Å². The van der Waals surface area contributed by atoms with Gasteiger partial charge in [-0.05, 0) is 38.1 Å². The molecule has 1 atom stereocenters. The first-order valence-electron chi connectivity index (χ1n) is 10.2. The topological polar surface area (TPSA) is 85.3 Å². The Balaban J connectivity index is 2.22. The summed E-state index contributed by atoms with van der Waals surface area (Å²) in [6.07, 6.45) is -0.127. The fourth-order valence-corrected chi connectivity index (χ4v) is 3.85. The lowest BCUT2D eigenvalue weighted by atomic mass is 9.94. The van der Waals surface area contributed by atoms with Gasteiger partial charge in [-0.3, -0.25) is 9.59 Å². The third-order valence-electron chi connectivity index (χ3n) is 5.08. The number of Topliss-reactive ketones (excluding diaryl/α,β-unsaturated/α-hetero) is 1. The summed E-state index contributed by atoms with van der Waals surface area (Å²) in [6.45, 7) is 4.17. The summed E-state index contributed by atoms with van der Waals surface area (Å²) in [5, 5.41) is 11.5. The van der Waals surface area contributed by atoms with Crippen molar-refractivity contribution in [1.29, 1.82) is 0 Å². The zero-order valence-electron chi connectivity index (χ0n) is 18.4. The van der Waals surface area contributed by atoms with Crippen molar-refractivity contribution in [3.63, 3.8) is 0 Å². The number of carbonyl (C=O) groups excluding carboxylic acids is 2. The largest absolute Gasteiger partial charge is 0.507 e. The van der Waals surface area contributed by atoms with Gasteiger partial charge in [-0.2, -0.15) is 0 Å². The number of para-hydroxylation sites is 1. The number of methoxy groups -OCH3 is 2. The van der Waals surface area contributed by atoms with Crippen LogP contribution in [0.5, 0.6) is 11.5 Å². The summed E-state index contributed by atoms with van der Waals surface area (Å²) in [6, 6.07) is 11.0. The highest BCUT2D eigenvalue weighted by Gasteiger charge is 2.47. The van der Waals surface area contributed by atoms with Crippen molar-refractivity contribution in [2.75, 3.05) is 27.4 Å². The van der Waals surface area contributed by atoms with Crippen molar-refractivity contribution in [3.8, 4) is 11.5 Å². The Morgan fingerprint density at radius 2 is 1.84 bits per heavy atom. The number of ether oxygens (including phenoxy) is 3. The molecule has 2 aromatic rings. The summed E-state index contributed by atoms with van der Waals surface area (Å²) in [7, 11) is 2.97. The maximum atomic E-state index is 13.1. The average Bonchev–Trinajstić information content (AvgIpc) is 3.02. The Labute approximate surface area is 192 Å². The third-order valence-corrected chi connectivity index (χ3v) is 5.39. The number of halogens is 1. The van der Waals surface area contributed by atoms with E-state index in [1.165, 1.54) is 25.2 Å². The Morgan fingerprint density at radius 3 is 2.50 bits per heavy atom. The van der Waals surface area contributed by atoms with Crippen LogP contribution in [0.2, 0.25) is 5.02 Å². The number of ketones is 1. The predicted octanol–water partition coefficient (Wildman–Crippen LogP) is 4.20. The maximum absolute atomic E-state index is 13.1. The summed E-state index contributed by atoms with van der Waals surface area (Å²) in [5.41, 5.74) is 0.873. The fourth-order valence-electron chi connectivity index (χ4n) is 3.65. The molecule has 170 valence electrons. The van der Waals surface area contributed by atoms with Gasteiger partial charge in [0.05, 0.1) is 36.5 Å². The van der Waals surface area contributed by atoms with E-state index in [1.54, 1.807) is 30.3 Å². The van der Waals surface area contributed by atoms with Gasteiger partial charge in [0.15, 0.2) is 0 Å². The van der Waals surface area contributed by atoms with Gasteiger partial charge in [-0.15, -0.1) is 0 Å². The van der Waals surface area contributed by atoms with Crippen LogP contribution in [0.1, 0.15) is 31.0 Å². The molecule has 7 nitrogen and oxygen atoms in total. The molecule has 1 aliphatic heterocycles. The number of likely N-dealkylation sites (tertiary alicyclic amines) is 1. The molecule has 1 amide bonds.